The van der Waals surface area contributed by atoms with Gasteiger partial charge in [-0.05, 0) is 119 Å². The normalized spacial score (nSPS) is 32.5. The fourth-order valence-corrected chi connectivity index (χ4v) is 8.76. The first-order chi connectivity index (χ1) is 20.1. The van der Waals surface area contributed by atoms with E-state index in [0.717, 1.165) is 75.6 Å². The van der Waals surface area contributed by atoms with Gasteiger partial charge in [-0.1, -0.05) is 45.1 Å². The summed E-state index contributed by atoms with van der Waals surface area (Å²) in [5.74, 6) is -3.79. The van der Waals surface area contributed by atoms with Gasteiger partial charge < -0.3 is 15.1 Å². The van der Waals surface area contributed by atoms with E-state index >= 15 is 4.39 Å². The molecule has 246 valence electrons. The van der Waals surface area contributed by atoms with E-state index in [-0.39, 0.29) is 29.9 Å². The van der Waals surface area contributed by atoms with Gasteiger partial charge in [-0.3, -0.25) is 0 Å². The average molecular weight is 620 g/mol. The van der Waals surface area contributed by atoms with E-state index in [1.807, 2.05) is 19.1 Å². The quantitative estimate of drug-likeness (QED) is 0.161. The van der Waals surface area contributed by atoms with Crippen LogP contribution in [0, 0.1) is 23.2 Å². The predicted molar refractivity (Wildman–Crippen MR) is 157 cm³/mol. The number of alkyl halides is 6. The topological polar surface area (TPSA) is 43.7 Å². The minimum Gasteiger partial charge on any atom is -0.508 e. The number of phenols is 1. The predicted octanol–water partition coefficient (Wildman–Crippen LogP) is 9.20. The Balaban J connectivity index is 1.21. The fourth-order valence-electron chi connectivity index (χ4n) is 8.76. The van der Waals surface area contributed by atoms with E-state index in [0.29, 0.717) is 31.6 Å². The molecule has 1 aromatic rings. The van der Waals surface area contributed by atoms with Gasteiger partial charge in [-0.15, -0.1) is 0 Å². The van der Waals surface area contributed by atoms with Crippen molar-refractivity contribution in [3.05, 3.63) is 29.3 Å². The van der Waals surface area contributed by atoms with Gasteiger partial charge in [0.05, 0.1) is 5.60 Å². The van der Waals surface area contributed by atoms with Gasteiger partial charge in [0, 0.05) is 17.8 Å². The van der Waals surface area contributed by atoms with E-state index in [4.69, 9.17) is 0 Å². The Labute approximate surface area is 253 Å². The second kappa shape index (κ2) is 13.5. The minimum atomic E-state index is -5.46. The minimum absolute atomic E-state index is 0.122. The van der Waals surface area contributed by atoms with E-state index in [2.05, 4.69) is 18.9 Å². The zero-order chi connectivity index (χ0) is 31.6. The number of nitrogens with zero attached hydrogens (tertiary/aromatic N) is 1. The van der Waals surface area contributed by atoms with Gasteiger partial charge >= 0.3 is 12.1 Å². The first-order valence-electron chi connectivity index (χ1n) is 16.4. The summed E-state index contributed by atoms with van der Waals surface area (Å²) in [6.45, 7) is 5.78. The molecule has 3 nitrogen and oxygen atoms in total. The lowest BCUT2D eigenvalue weighted by molar-refractivity contribution is -0.284. The van der Waals surface area contributed by atoms with Crippen LogP contribution in [0.2, 0.25) is 0 Å². The second-order valence-corrected chi connectivity index (χ2v) is 14.4. The monoisotopic (exact) mass is 619 g/mol. The van der Waals surface area contributed by atoms with Crippen molar-refractivity contribution in [1.82, 2.24) is 4.90 Å². The molecule has 9 heteroatoms. The summed E-state index contributed by atoms with van der Waals surface area (Å²) in [5.41, 5.74) is 0.813. The van der Waals surface area contributed by atoms with Gasteiger partial charge in [0.1, 0.15) is 11.9 Å². The van der Waals surface area contributed by atoms with E-state index in [1.165, 1.54) is 0 Å². The summed E-state index contributed by atoms with van der Waals surface area (Å²) in [6.07, 6.45) is 1.95. The lowest BCUT2D eigenvalue weighted by Gasteiger charge is -2.56. The van der Waals surface area contributed by atoms with Crippen LogP contribution in [0.25, 0.3) is 0 Å². The van der Waals surface area contributed by atoms with Crippen molar-refractivity contribution in [3.63, 3.8) is 0 Å². The molecule has 4 unspecified atom stereocenters. The molecule has 1 aromatic carbocycles. The van der Waals surface area contributed by atoms with Crippen molar-refractivity contribution in [2.75, 3.05) is 20.1 Å². The molecular formula is C34H51F6NO2. The number of benzene rings is 1. The molecular weight excluding hydrogens is 568 g/mol. The third-order valence-electron chi connectivity index (χ3n) is 11.5. The molecule has 3 aliphatic carbocycles. The van der Waals surface area contributed by atoms with Gasteiger partial charge in [0.25, 0.3) is 0 Å². The van der Waals surface area contributed by atoms with Crippen LogP contribution in [0.5, 0.6) is 5.75 Å². The number of hydrogen-bond acceptors (Lipinski definition) is 3. The molecule has 0 spiro atoms. The molecule has 0 bridgehead atoms. The molecule has 0 amide bonds. The molecule has 0 saturated heterocycles. The molecule has 7 atom stereocenters. The summed E-state index contributed by atoms with van der Waals surface area (Å²) in [7, 11) is 2.05. The Bertz CT molecular complexity index is 1060. The number of aromatic hydroxyl groups is 1. The highest BCUT2D eigenvalue weighted by Crippen LogP contribution is 2.66. The highest BCUT2D eigenvalue weighted by Gasteiger charge is 2.63. The van der Waals surface area contributed by atoms with Crippen molar-refractivity contribution in [2.24, 2.45) is 23.2 Å². The van der Waals surface area contributed by atoms with E-state index < -0.39 is 35.7 Å². The van der Waals surface area contributed by atoms with Crippen molar-refractivity contribution in [1.29, 1.82) is 0 Å². The first-order valence-corrected chi connectivity index (χ1v) is 16.4. The zero-order valence-corrected chi connectivity index (χ0v) is 26.0. The van der Waals surface area contributed by atoms with Crippen molar-refractivity contribution < 1.29 is 36.6 Å². The van der Waals surface area contributed by atoms with Crippen molar-refractivity contribution >= 4 is 0 Å². The number of halogens is 6. The first kappa shape index (κ1) is 34.4. The second-order valence-electron chi connectivity index (χ2n) is 14.4. The van der Waals surface area contributed by atoms with E-state index in [1.54, 1.807) is 6.07 Å². The van der Waals surface area contributed by atoms with Crippen LogP contribution in [0.3, 0.4) is 0 Å². The van der Waals surface area contributed by atoms with Crippen LogP contribution in [-0.2, 0) is 6.42 Å². The maximum atomic E-state index is 16.1. The molecule has 0 aromatic heterocycles. The summed E-state index contributed by atoms with van der Waals surface area (Å²) in [6, 6.07) is 5.41. The lowest BCUT2D eigenvalue weighted by Crippen LogP contribution is -2.54. The standard InChI is InChI=1S/C34H51F6NO2/c1-31-22-28(35)30-26-14-13-25(42)21-24(26)20-23(29(30)27(31)15-17-32(31,2)43)12-8-7-11-19-41(3)18-10-6-4-5-9-16-33(36,37)34(38,39)40/h13-14,21,23,27-30,42-43H,4-12,15-20,22H2,1-3H3/t23?,27?,28-,29?,30?,31-,32+/m0/s1. The van der Waals surface area contributed by atoms with Gasteiger partial charge in [0.15, 0.2) is 0 Å². The van der Waals surface area contributed by atoms with Crippen LogP contribution in [-0.4, -0.2) is 59.1 Å². The number of hydrogen-bond donors (Lipinski definition) is 2. The van der Waals surface area contributed by atoms with Gasteiger partial charge in [0.2, 0.25) is 0 Å². The van der Waals surface area contributed by atoms with Crippen LogP contribution >= 0.6 is 0 Å². The maximum Gasteiger partial charge on any atom is 0.453 e. The third kappa shape index (κ3) is 7.50. The van der Waals surface area contributed by atoms with Gasteiger partial charge in [-0.25, -0.2) is 4.39 Å². The number of phenolic OH excluding ortho intramolecular Hbond substituents is 1. The number of fused-ring (bicyclic) bond motifs is 5. The average Bonchev–Trinajstić information content (AvgIpc) is 3.14. The smallest absolute Gasteiger partial charge is 0.453 e. The number of unbranched alkanes of at least 4 members (excludes halogenated alkanes) is 6. The molecule has 43 heavy (non-hydrogen) atoms. The molecule has 3 aliphatic rings. The van der Waals surface area contributed by atoms with Crippen LogP contribution in [0.1, 0.15) is 114 Å². The molecule has 0 radical (unpaired) electrons. The lowest BCUT2D eigenvalue weighted by atomic mass is 9.50. The Morgan fingerprint density at radius 3 is 2.23 bits per heavy atom. The van der Waals surface area contributed by atoms with Crippen molar-refractivity contribution in [3.8, 4) is 5.75 Å². The Morgan fingerprint density at radius 2 is 1.56 bits per heavy atom. The van der Waals surface area contributed by atoms with E-state index in [9.17, 15) is 32.2 Å². The molecule has 2 saturated carbocycles. The summed E-state index contributed by atoms with van der Waals surface area (Å²) >= 11 is 0. The van der Waals surface area contributed by atoms with Crippen LogP contribution in [0.15, 0.2) is 18.2 Å². The Morgan fingerprint density at radius 1 is 0.930 bits per heavy atom. The molecule has 4 rings (SSSR count). The van der Waals surface area contributed by atoms with Crippen LogP contribution < -0.4 is 0 Å². The molecule has 0 aliphatic heterocycles. The summed E-state index contributed by atoms with van der Waals surface area (Å²) in [5, 5.41) is 21.4. The largest absolute Gasteiger partial charge is 0.508 e. The highest BCUT2D eigenvalue weighted by molar-refractivity contribution is 5.41. The SMILES string of the molecule is CN(CCCCCCCC(F)(F)C(F)(F)F)CCCCCC1Cc2cc(O)ccc2C2C1C1CC[C@@](C)(O)[C@@]1(C)C[C@@H]2F. The van der Waals surface area contributed by atoms with Crippen molar-refractivity contribution in [2.45, 2.75) is 134 Å². The zero-order valence-electron chi connectivity index (χ0n) is 26.0. The Kier molecular flexibility index (Phi) is 10.8. The number of rotatable bonds is 14. The summed E-state index contributed by atoms with van der Waals surface area (Å²) < 4.78 is 78.8. The third-order valence-corrected chi connectivity index (χ3v) is 11.5. The highest BCUT2D eigenvalue weighted by atomic mass is 19.4. The molecule has 2 fully saturated rings. The van der Waals surface area contributed by atoms with Gasteiger partial charge in [-0.2, -0.15) is 22.0 Å². The Hall–Kier alpha value is -1.48. The fraction of sp³-hybridized carbons (Fsp3) is 0.824. The maximum absolute atomic E-state index is 16.1. The number of aliphatic hydroxyl groups is 1. The molecule has 2 N–H and O–H groups in total. The summed E-state index contributed by atoms with van der Waals surface area (Å²) in [4.78, 5) is 2.24. The molecule has 0 heterocycles. The van der Waals surface area contributed by atoms with Crippen LogP contribution in [0.4, 0.5) is 26.3 Å².